The van der Waals surface area contributed by atoms with E-state index in [1.165, 1.54) is 0 Å². The zero-order valence-electron chi connectivity index (χ0n) is 14.8. The van der Waals surface area contributed by atoms with Crippen LogP contribution in [0.5, 0.6) is 0 Å². The van der Waals surface area contributed by atoms with Gasteiger partial charge in [-0.25, -0.2) is 0 Å². The van der Waals surface area contributed by atoms with Gasteiger partial charge in [0.25, 0.3) is 0 Å². The Balaban J connectivity index is 1.85. The normalized spacial score (nSPS) is 11.0. The molecule has 24 heavy (non-hydrogen) atoms. The molecule has 0 bridgehead atoms. The zero-order chi connectivity index (χ0) is 17.7. The van der Waals surface area contributed by atoms with Crippen molar-refractivity contribution in [2.45, 2.75) is 47.1 Å². The topological polar surface area (TPSA) is 77.0 Å². The van der Waals surface area contributed by atoms with Crippen LogP contribution in [0.1, 0.15) is 47.7 Å². The highest BCUT2D eigenvalue weighted by Gasteiger charge is 2.15. The summed E-state index contributed by atoms with van der Waals surface area (Å²) in [5, 5.41) is 4.54. The third-order valence-corrected chi connectivity index (χ3v) is 3.91. The lowest BCUT2D eigenvalue weighted by Gasteiger charge is -2.08. The number of nitrogens with one attached hydrogen (secondary N) is 1. The van der Waals surface area contributed by atoms with Gasteiger partial charge in [-0.15, -0.1) is 0 Å². The lowest BCUT2D eigenvalue weighted by atomic mass is 10.1. The summed E-state index contributed by atoms with van der Waals surface area (Å²) in [5.74, 6) is -0.0874. The van der Waals surface area contributed by atoms with Crippen molar-refractivity contribution in [3.8, 4) is 0 Å². The molecule has 0 fully saturated rings. The fraction of sp³-hybridized carbons (Fsp3) is 0.500. The van der Waals surface area contributed by atoms with Gasteiger partial charge in [0.05, 0.1) is 11.4 Å². The summed E-state index contributed by atoms with van der Waals surface area (Å²) in [7, 11) is 0. The summed E-state index contributed by atoms with van der Waals surface area (Å²) in [5.41, 5.74) is 3.58. The molecule has 130 valence electrons. The molecule has 0 spiro atoms. The van der Waals surface area contributed by atoms with Crippen molar-refractivity contribution < 1.29 is 14.3 Å². The Kier molecular flexibility index (Phi) is 5.95. The van der Waals surface area contributed by atoms with E-state index in [1.807, 2.05) is 18.5 Å². The molecule has 2 rings (SSSR count). The molecule has 0 aliphatic heterocycles. The summed E-state index contributed by atoms with van der Waals surface area (Å²) in [6, 6.07) is 3.39. The number of nitrogens with zero attached hydrogens (tertiary/aromatic N) is 2. The van der Waals surface area contributed by atoms with E-state index in [-0.39, 0.29) is 24.8 Å². The summed E-state index contributed by atoms with van der Waals surface area (Å²) in [6.07, 6.45) is 2.48. The van der Waals surface area contributed by atoms with E-state index >= 15 is 0 Å². The number of hydrogen-bond donors (Lipinski definition) is 1. The van der Waals surface area contributed by atoms with Gasteiger partial charge in [-0.3, -0.25) is 14.3 Å². The Hall–Kier alpha value is -2.37. The second-order valence-electron chi connectivity index (χ2n) is 6.39. The van der Waals surface area contributed by atoms with Crippen LogP contribution in [0, 0.1) is 19.8 Å². The van der Waals surface area contributed by atoms with E-state index in [0.717, 1.165) is 23.5 Å². The van der Waals surface area contributed by atoms with Crippen molar-refractivity contribution in [3.63, 3.8) is 0 Å². The smallest absolute Gasteiger partial charge is 0.306 e. The van der Waals surface area contributed by atoms with Crippen molar-refractivity contribution in [2.75, 3.05) is 6.61 Å². The largest absolute Gasteiger partial charge is 0.457 e. The number of ether oxygens (including phenoxy) is 1. The van der Waals surface area contributed by atoms with Gasteiger partial charge in [0, 0.05) is 24.9 Å². The number of ketones is 1. The number of H-pyrrole nitrogens is 1. The predicted molar refractivity (Wildman–Crippen MR) is 90.9 cm³/mol. The van der Waals surface area contributed by atoms with Crippen LogP contribution in [0.4, 0.5) is 0 Å². The van der Waals surface area contributed by atoms with E-state index in [1.54, 1.807) is 18.3 Å². The van der Waals surface area contributed by atoms with E-state index in [0.29, 0.717) is 18.0 Å². The fourth-order valence-corrected chi connectivity index (χ4v) is 2.65. The molecule has 0 aliphatic carbocycles. The molecule has 6 nitrogen and oxygen atoms in total. The summed E-state index contributed by atoms with van der Waals surface area (Å²) in [6.45, 7) is 8.91. The van der Waals surface area contributed by atoms with Gasteiger partial charge in [-0.2, -0.15) is 5.10 Å². The number of aryl methyl sites for hydroxylation is 1. The van der Waals surface area contributed by atoms with E-state index < -0.39 is 0 Å². The van der Waals surface area contributed by atoms with Gasteiger partial charge < -0.3 is 9.72 Å². The van der Waals surface area contributed by atoms with Gasteiger partial charge in [-0.05, 0) is 43.9 Å². The van der Waals surface area contributed by atoms with Crippen molar-refractivity contribution in [3.05, 3.63) is 41.0 Å². The molecule has 2 aromatic heterocycles. The molecule has 1 N–H and O–H groups in total. The maximum atomic E-state index is 11.9. The average Bonchev–Trinajstić information content (AvgIpc) is 3.13. The van der Waals surface area contributed by atoms with Crippen LogP contribution in [0.2, 0.25) is 0 Å². The average molecular weight is 331 g/mol. The zero-order valence-corrected chi connectivity index (χ0v) is 14.8. The molecular weight excluding hydrogens is 306 g/mol. The summed E-state index contributed by atoms with van der Waals surface area (Å²) in [4.78, 5) is 26.5. The highest BCUT2D eigenvalue weighted by molar-refractivity contribution is 5.96. The molecule has 0 unspecified atom stereocenters. The number of hydrogen-bond acceptors (Lipinski definition) is 4. The van der Waals surface area contributed by atoms with Crippen molar-refractivity contribution >= 4 is 11.8 Å². The monoisotopic (exact) mass is 331 g/mol. The molecular formula is C18H25N3O3. The minimum atomic E-state index is -0.370. The number of carbonyl (C=O) groups is 2. The summed E-state index contributed by atoms with van der Waals surface area (Å²) < 4.78 is 7.06. The van der Waals surface area contributed by atoms with Crippen molar-refractivity contribution in [1.29, 1.82) is 0 Å². The maximum absolute atomic E-state index is 11.9. The second kappa shape index (κ2) is 7.95. The van der Waals surface area contributed by atoms with Crippen LogP contribution in [0.15, 0.2) is 18.3 Å². The maximum Gasteiger partial charge on any atom is 0.306 e. The van der Waals surface area contributed by atoms with Crippen LogP contribution >= 0.6 is 0 Å². The van der Waals surface area contributed by atoms with Gasteiger partial charge in [-0.1, -0.05) is 13.8 Å². The second-order valence-corrected chi connectivity index (χ2v) is 6.39. The molecule has 2 heterocycles. The number of aromatic nitrogens is 3. The Labute approximate surface area is 142 Å². The molecule has 0 saturated heterocycles. The van der Waals surface area contributed by atoms with Crippen LogP contribution in [0.25, 0.3) is 0 Å². The Bertz CT molecular complexity index is 699. The first-order chi connectivity index (χ1) is 11.4. The molecule has 0 aromatic carbocycles. The van der Waals surface area contributed by atoms with E-state index in [2.05, 4.69) is 23.9 Å². The number of esters is 1. The molecule has 0 amide bonds. The fourth-order valence-electron chi connectivity index (χ4n) is 2.65. The van der Waals surface area contributed by atoms with Crippen LogP contribution in [-0.4, -0.2) is 33.1 Å². The van der Waals surface area contributed by atoms with Crippen LogP contribution in [-0.2, 0) is 22.5 Å². The van der Waals surface area contributed by atoms with Gasteiger partial charge in [0.1, 0.15) is 0 Å². The Morgan fingerprint density at radius 2 is 2.08 bits per heavy atom. The van der Waals surface area contributed by atoms with E-state index in [4.69, 9.17) is 4.74 Å². The van der Waals surface area contributed by atoms with Crippen molar-refractivity contribution in [1.82, 2.24) is 14.8 Å². The number of aromatic amines is 1. The van der Waals surface area contributed by atoms with Gasteiger partial charge in [0.15, 0.2) is 6.61 Å². The standard InChI is InChI=1S/C18H25N3O3/c1-12(2)10-21-14(4)15(13(3)20-21)7-8-18(23)24-11-17(22)16-6-5-9-19-16/h5-6,9,12,19H,7-8,10-11H2,1-4H3. The molecule has 0 saturated carbocycles. The third kappa shape index (κ3) is 4.57. The van der Waals surface area contributed by atoms with E-state index in [9.17, 15) is 9.59 Å². The SMILES string of the molecule is Cc1nn(CC(C)C)c(C)c1CCC(=O)OCC(=O)c1ccc[nH]1. The summed E-state index contributed by atoms with van der Waals surface area (Å²) >= 11 is 0. The Morgan fingerprint density at radius 3 is 2.71 bits per heavy atom. The quantitative estimate of drug-likeness (QED) is 0.596. The minimum Gasteiger partial charge on any atom is -0.457 e. The first-order valence-electron chi connectivity index (χ1n) is 8.23. The third-order valence-electron chi connectivity index (χ3n) is 3.91. The minimum absolute atomic E-state index is 0.231. The van der Waals surface area contributed by atoms with Crippen molar-refractivity contribution in [2.24, 2.45) is 5.92 Å². The number of rotatable bonds is 8. The lowest BCUT2D eigenvalue weighted by Crippen LogP contribution is -2.15. The lowest BCUT2D eigenvalue weighted by molar-refractivity contribution is -0.142. The van der Waals surface area contributed by atoms with Crippen LogP contribution < -0.4 is 0 Å². The highest BCUT2D eigenvalue weighted by atomic mass is 16.5. The molecule has 2 aromatic rings. The Morgan fingerprint density at radius 1 is 1.33 bits per heavy atom. The molecule has 0 radical (unpaired) electrons. The van der Waals surface area contributed by atoms with Crippen LogP contribution in [0.3, 0.4) is 0 Å². The van der Waals surface area contributed by atoms with Gasteiger partial charge >= 0.3 is 5.97 Å². The molecule has 0 atom stereocenters. The molecule has 0 aliphatic rings. The first kappa shape index (κ1) is 18.0. The number of Topliss-reactive ketones (excluding diaryl/α,β-unsaturated/α-hetero) is 1. The van der Waals surface area contributed by atoms with Gasteiger partial charge in [0.2, 0.25) is 5.78 Å². The highest BCUT2D eigenvalue weighted by Crippen LogP contribution is 2.16. The number of carbonyl (C=O) groups excluding carboxylic acids is 2. The molecule has 6 heteroatoms. The first-order valence-corrected chi connectivity index (χ1v) is 8.23. The predicted octanol–water partition coefficient (Wildman–Crippen LogP) is 2.84.